The van der Waals surface area contributed by atoms with E-state index in [2.05, 4.69) is 42.9 Å². The van der Waals surface area contributed by atoms with E-state index in [9.17, 15) is 10.1 Å². The van der Waals surface area contributed by atoms with Crippen molar-refractivity contribution in [3.8, 4) is 6.07 Å². The number of carbonyl (C=O) groups excluding carboxylic acids is 1. The zero-order valence-corrected chi connectivity index (χ0v) is 19.2. The number of aryl methyl sites for hydroxylation is 1. The van der Waals surface area contributed by atoms with Gasteiger partial charge in [0.2, 0.25) is 0 Å². The molecule has 0 radical (unpaired) electrons. The van der Waals surface area contributed by atoms with E-state index < -0.39 is 4.75 Å². The fourth-order valence-corrected chi connectivity index (χ4v) is 6.55. The molecule has 2 heterocycles. The molecule has 2 atom stereocenters. The van der Waals surface area contributed by atoms with Crippen LogP contribution >= 0.6 is 58.2 Å². The van der Waals surface area contributed by atoms with E-state index in [1.54, 1.807) is 17.2 Å². The second-order valence-corrected chi connectivity index (χ2v) is 10.4. The van der Waals surface area contributed by atoms with Crippen molar-refractivity contribution >= 4 is 64.2 Å². The Hall–Kier alpha value is -0.520. The lowest BCUT2D eigenvalue weighted by molar-refractivity contribution is -0.134. The van der Waals surface area contributed by atoms with Crippen LogP contribution in [-0.2, 0) is 15.3 Å². The molecule has 3 nitrogen and oxygen atoms in total. The highest BCUT2D eigenvalue weighted by molar-refractivity contribution is 8.07. The van der Waals surface area contributed by atoms with Gasteiger partial charge in [-0.25, -0.2) is 4.79 Å². The Morgan fingerprint density at radius 1 is 1.50 bits per heavy atom. The second-order valence-electron chi connectivity index (χ2n) is 5.32. The number of esters is 1. The normalized spacial score (nSPS) is 21.7. The summed E-state index contributed by atoms with van der Waals surface area (Å²) < 4.78 is 3.83. The first-order valence-electron chi connectivity index (χ1n) is 7.69. The average molecular weight is 448 g/mol. The number of ether oxygens (including phenoxy) is 1. The highest BCUT2D eigenvalue weighted by Crippen LogP contribution is 2.48. The fourth-order valence-electron chi connectivity index (χ4n) is 2.06. The molecule has 0 fully saturated rings. The molecule has 0 saturated heterocycles. The number of nitriles is 1. The van der Waals surface area contributed by atoms with Gasteiger partial charge in [-0.2, -0.15) is 5.26 Å². The van der Waals surface area contributed by atoms with E-state index in [4.69, 9.17) is 11.6 Å². The molecule has 1 aromatic heterocycles. The monoisotopic (exact) mass is 447 g/mol. The number of thiophene rings is 1. The van der Waals surface area contributed by atoms with Crippen molar-refractivity contribution in [1.82, 2.24) is 0 Å². The van der Waals surface area contributed by atoms with E-state index >= 15 is 0 Å². The molecule has 142 valence electrons. The van der Waals surface area contributed by atoms with Crippen LogP contribution < -0.4 is 0 Å². The molecule has 0 N–H and O–H groups in total. The van der Waals surface area contributed by atoms with Gasteiger partial charge in [0.15, 0.2) is 0 Å². The lowest BCUT2D eigenvalue weighted by Crippen LogP contribution is -2.33. The lowest BCUT2D eigenvalue weighted by atomic mass is 10.1. The van der Waals surface area contributed by atoms with Crippen LogP contribution in [0.25, 0.3) is 0 Å². The summed E-state index contributed by atoms with van der Waals surface area (Å²) in [5.41, 5.74) is 0. The van der Waals surface area contributed by atoms with Crippen molar-refractivity contribution in [3.63, 3.8) is 0 Å². The summed E-state index contributed by atoms with van der Waals surface area (Å²) in [6.07, 6.45) is 5.44. The Labute approximate surface area is 177 Å². The van der Waals surface area contributed by atoms with Crippen LogP contribution in [-0.4, -0.2) is 35.2 Å². The number of hydrogen-bond donors (Lipinski definition) is 0. The predicted octanol–water partition coefficient (Wildman–Crippen LogP) is 5.85. The van der Waals surface area contributed by atoms with Gasteiger partial charge in [-0.05, 0) is 42.5 Å². The van der Waals surface area contributed by atoms with Crippen molar-refractivity contribution < 1.29 is 9.53 Å². The zero-order valence-electron chi connectivity index (χ0n) is 15.2. The molecular formula is C18H22ClNO2S4. The third kappa shape index (κ3) is 7.24. The van der Waals surface area contributed by atoms with Crippen LogP contribution in [0, 0.1) is 18.3 Å². The average Bonchev–Trinajstić information content (AvgIpc) is 3.21. The van der Waals surface area contributed by atoms with Crippen molar-refractivity contribution in [2.75, 3.05) is 19.2 Å². The van der Waals surface area contributed by atoms with Gasteiger partial charge < -0.3 is 4.74 Å². The largest absolute Gasteiger partial charge is 0.466 e. The topological polar surface area (TPSA) is 50.1 Å². The van der Waals surface area contributed by atoms with Gasteiger partial charge in [0.05, 0.1) is 24.3 Å². The molecule has 0 bridgehead atoms. The first kappa shape index (κ1) is 23.5. The third-order valence-electron chi connectivity index (χ3n) is 3.32. The molecule has 1 aliphatic heterocycles. The van der Waals surface area contributed by atoms with Crippen LogP contribution in [0.3, 0.4) is 0 Å². The van der Waals surface area contributed by atoms with Gasteiger partial charge in [0, 0.05) is 21.6 Å². The number of methoxy groups -OCH3 is 1. The summed E-state index contributed by atoms with van der Waals surface area (Å²) in [4.78, 5) is 14.2. The molecule has 0 amide bonds. The Kier molecular flexibility index (Phi) is 10.9. The number of halogens is 1. The number of allylic oxidation sites excluding steroid dienone is 1. The summed E-state index contributed by atoms with van der Waals surface area (Å²) in [5.74, 6) is 1.02. The minimum Gasteiger partial charge on any atom is -0.466 e. The molecule has 26 heavy (non-hydrogen) atoms. The van der Waals surface area contributed by atoms with Crippen molar-refractivity contribution in [2.24, 2.45) is 0 Å². The number of rotatable bonds is 6. The highest BCUT2D eigenvalue weighted by Gasteiger charge is 2.43. The smallest absolute Gasteiger partial charge is 0.330 e. The summed E-state index contributed by atoms with van der Waals surface area (Å²) in [7, 11) is 1.35. The van der Waals surface area contributed by atoms with Crippen LogP contribution in [0.1, 0.15) is 16.7 Å². The van der Waals surface area contributed by atoms with Crippen LogP contribution in [0.5, 0.6) is 0 Å². The molecule has 1 aliphatic rings. The Bertz CT molecular complexity index is 696. The van der Waals surface area contributed by atoms with Crippen molar-refractivity contribution in [1.29, 1.82) is 5.26 Å². The van der Waals surface area contributed by atoms with Gasteiger partial charge >= 0.3 is 5.97 Å². The van der Waals surface area contributed by atoms with Gasteiger partial charge in [-0.3, -0.25) is 0 Å². The number of carbonyl (C=O) groups is 1. The molecule has 0 saturated carbocycles. The van der Waals surface area contributed by atoms with Crippen LogP contribution in [0.15, 0.2) is 34.6 Å². The standard InChI is InChI=1S/C13H14ClNS3.C5H8O2S/c1-9-3-4-11(17-9)6-16-12-5-10(2)18-13(12,7-14)8-15;1-7-5(6)3-4-8-2/h3-5,12H,6-7H2,1-2H3;3-4H,1-2H3. The van der Waals surface area contributed by atoms with Gasteiger partial charge in [-0.1, -0.05) is 6.08 Å². The molecule has 0 spiro atoms. The number of hydrogen-bond acceptors (Lipinski definition) is 7. The number of nitrogens with zero attached hydrogens (tertiary/aromatic N) is 1. The van der Waals surface area contributed by atoms with Crippen LogP contribution in [0.4, 0.5) is 0 Å². The fraction of sp³-hybridized carbons (Fsp3) is 0.444. The zero-order chi connectivity index (χ0) is 19.6. The highest BCUT2D eigenvalue weighted by atomic mass is 35.5. The molecule has 0 aromatic carbocycles. The maximum Gasteiger partial charge on any atom is 0.330 e. The molecular weight excluding hydrogens is 426 g/mol. The van der Waals surface area contributed by atoms with Crippen LogP contribution in [0.2, 0.25) is 0 Å². The second kappa shape index (κ2) is 12.0. The van der Waals surface area contributed by atoms with Gasteiger partial charge in [0.1, 0.15) is 4.75 Å². The third-order valence-corrected chi connectivity index (χ3v) is 8.33. The Morgan fingerprint density at radius 3 is 2.73 bits per heavy atom. The van der Waals surface area contributed by atoms with E-state index in [1.165, 1.54) is 39.6 Å². The summed E-state index contributed by atoms with van der Waals surface area (Å²) in [6.45, 7) is 4.17. The first-order chi connectivity index (χ1) is 12.4. The van der Waals surface area contributed by atoms with E-state index in [-0.39, 0.29) is 11.2 Å². The Balaban J connectivity index is 0.000000359. The summed E-state index contributed by atoms with van der Waals surface area (Å²) in [6, 6.07) is 6.72. The lowest BCUT2D eigenvalue weighted by Gasteiger charge is -2.24. The van der Waals surface area contributed by atoms with E-state index in [1.807, 2.05) is 29.4 Å². The van der Waals surface area contributed by atoms with Crippen molar-refractivity contribution in [3.05, 3.63) is 44.4 Å². The molecule has 2 rings (SSSR count). The van der Waals surface area contributed by atoms with Gasteiger partial charge in [-0.15, -0.1) is 58.2 Å². The number of thioether (sulfide) groups is 3. The van der Waals surface area contributed by atoms with E-state index in [0.29, 0.717) is 5.88 Å². The predicted molar refractivity (Wildman–Crippen MR) is 119 cm³/mol. The molecule has 2 unspecified atom stereocenters. The SMILES string of the molecule is CC1=CC(SCc2ccc(C)s2)C(C#N)(CCl)S1.COC(=O)C=CSC. The summed E-state index contributed by atoms with van der Waals surface area (Å²) in [5, 5.41) is 11.3. The molecule has 0 aliphatic carbocycles. The van der Waals surface area contributed by atoms with E-state index in [0.717, 1.165) is 5.75 Å². The molecule has 8 heteroatoms. The maximum atomic E-state index is 10.2. The quantitative estimate of drug-likeness (QED) is 0.310. The number of alkyl halides is 1. The Morgan fingerprint density at radius 2 is 2.23 bits per heavy atom. The van der Waals surface area contributed by atoms with Gasteiger partial charge in [0.25, 0.3) is 0 Å². The minimum atomic E-state index is -0.484. The summed E-state index contributed by atoms with van der Waals surface area (Å²) >= 11 is 12.7. The minimum absolute atomic E-state index is 0.187. The maximum absolute atomic E-state index is 10.2. The molecule has 1 aromatic rings. The van der Waals surface area contributed by atoms with Crippen molar-refractivity contribution in [2.45, 2.75) is 29.6 Å². The first-order valence-corrected chi connectivity index (χ1v) is 12.2.